The van der Waals surface area contributed by atoms with Gasteiger partial charge in [-0.15, -0.1) is 11.3 Å². The average molecular weight is 366 g/mol. The number of ether oxygens (including phenoxy) is 1. The van der Waals surface area contributed by atoms with Crippen molar-refractivity contribution in [2.45, 2.75) is 26.7 Å². The van der Waals surface area contributed by atoms with Crippen molar-refractivity contribution in [2.75, 3.05) is 11.9 Å². The van der Waals surface area contributed by atoms with Crippen molar-refractivity contribution in [3.63, 3.8) is 0 Å². The zero-order valence-electron chi connectivity index (χ0n) is 15.2. The Balaban J connectivity index is 1.58. The Bertz CT molecular complexity index is 871. The number of anilines is 1. The molecule has 0 radical (unpaired) electrons. The molecule has 1 heterocycles. The molecule has 0 saturated heterocycles. The van der Waals surface area contributed by atoms with Gasteiger partial charge in [0.25, 0.3) is 5.91 Å². The fraction of sp³-hybridized carbons (Fsp3) is 0.238. The van der Waals surface area contributed by atoms with Gasteiger partial charge in [0.05, 0.1) is 5.69 Å². The molecule has 134 valence electrons. The zero-order valence-corrected chi connectivity index (χ0v) is 16.0. The van der Waals surface area contributed by atoms with Crippen LogP contribution in [0.2, 0.25) is 0 Å². The van der Waals surface area contributed by atoms with Crippen LogP contribution in [0.5, 0.6) is 5.75 Å². The molecule has 3 aromatic rings. The number of nitrogens with one attached hydrogen (secondary N) is 1. The lowest BCUT2D eigenvalue weighted by atomic mass is 10.0. The van der Waals surface area contributed by atoms with Gasteiger partial charge in [-0.2, -0.15) is 0 Å². The van der Waals surface area contributed by atoms with E-state index in [4.69, 9.17) is 4.74 Å². The van der Waals surface area contributed by atoms with Crippen molar-refractivity contribution in [1.29, 1.82) is 0 Å². The van der Waals surface area contributed by atoms with E-state index in [1.54, 1.807) is 0 Å². The number of thiazole rings is 1. The lowest BCUT2D eigenvalue weighted by Gasteiger charge is -2.08. The SMILES string of the molecule is Cc1sc(NC(=O)COc2ccc(C(C)C)cc2)nc1-c1ccccc1. The fourth-order valence-electron chi connectivity index (χ4n) is 2.57. The first-order valence-electron chi connectivity index (χ1n) is 8.58. The largest absolute Gasteiger partial charge is 0.484 e. The number of benzene rings is 2. The second kappa shape index (κ2) is 8.15. The summed E-state index contributed by atoms with van der Waals surface area (Å²) in [6.07, 6.45) is 0. The van der Waals surface area contributed by atoms with Gasteiger partial charge in [-0.25, -0.2) is 4.98 Å². The summed E-state index contributed by atoms with van der Waals surface area (Å²) in [6.45, 7) is 6.24. The molecule has 0 spiro atoms. The molecule has 1 N–H and O–H groups in total. The molecule has 0 saturated carbocycles. The average Bonchev–Trinajstić information content (AvgIpc) is 3.01. The standard InChI is InChI=1S/C21H22N2O2S/c1-14(2)16-9-11-18(12-10-16)25-13-19(24)22-21-23-20(15(3)26-21)17-7-5-4-6-8-17/h4-12,14H,13H2,1-3H3,(H,22,23,24). The molecule has 4 nitrogen and oxygen atoms in total. The highest BCUT2D eigenvalue weighted by molar-refractivity contribution is 7.16. The molecule has 1 amide bonds. The number of carbonyl (C=O) groups is 1. The summed E-state index contributed by atoms with van der Waals surface area (Å²) in [7, 11) is 0. The summed E-state index contributed by atoms with van der Waals surface area (Å²) < 4.78 is 5.56. The molecule has 2 aromatic carbocycles. The van der Waals surface area contributed by atoms with Gasteiger partial charge in [-0.1, -0.05) is 56.3 Å². The van der Waals surface area contributed by atoms with Gasteiger partial charge in [0.1, 0.15) is 5.75 Å². The third-order valence-corrected chi connectivity index (χ3v) is 4.89. The van der Waals surface area contributed by atoms with E-state index in [-0.39, 0.29) is 12.5 Å². The van der Waals surface area contributed by atoms with E-state index in [0.717, 1.165) is 16.1 Å². The van der Waals surface area contributed by atoms with Crippen molar-refractivity contribution in [1.82, 2.24) is 4.98 Å². The van der Waals surface area contributed by atoms with E-state index in [1.165, 1.54) is 16.9 Å². The van der Waals surface area contributed by atoms with Crippen LogP contribution in [0.15, 0.2) is 54.6 Å². The van der Waals surface area contributed by atoms with E-state index in [0.29, 0.717) is 16.8 Å². The maximum Gasteiger partial charge on any atom is 0.264 e. The van der Waals surface area contributed by atoms with E-state index in [1.807, 2.05) is 61.5 Å². The van der Waals surface area contributed by atoms with Crippen LogP contribution in [-0.4, -0.2) is 17.5 Å². The van der Waals surface area contributed by atoms with Crippen molar-refractivity contribution < 1.29 is 9.53 Å². The maximum atomic E-state index is 12.1. The highest BCUT2D eigenvalue weighted by atomic mass is 32.1. The number of aromatic nitrogens is 1. The predicted molar refractivity (Wildman–Crippen MR) is 107 cm³/mol. The van der Waals surface area contributed by atoms with Crippen LogP contribution < -0.4 is 10.1 Å². The third-order valence-electron chi connectivity index (χ3n) is 4.01. The van der Waals surface area contributed by atoms with Crippen molar-refractivity contribution in [2.24, 2.45) is 0 Å². The van der Waals surface area contributed by atoms with Gasteiger partial charge in [-0.05, 0) is 30.5 Å². The summed E-state index contributed by atoms with van der Waals surface area (Å²) in [4.78, 5) is 17.8. The monoisotopic (exact) mass is 366 g/mol. The second-order valence-electron chi connectivity index (χ2n) is 6.35. The third kappa shape index (κ3) is 4.49. The Morgan fingerprint density at radius 2 is 1.81 bits per heavy atom. The lowest BCUT2D eigenvalue weighted by molar-refractivity contribution is -0.118. The molecule has 0 fully saturated rings. The molecule has 0 atom stereocenters. The van der Waals surface area contributed by atoms with E-state index in [9.17, 15) is 4.79 Å². The summed E-state index contributed by atoms with van der Waals surface area (Å²) in [5.41, 5.74) is 3.19. The molecule has 0 aliphatic carbocycles. The highest BCUT2D eigenvalue weighted by Crippen LogP contribution is 2.30. The normalized spacial score (nSPS) is 10.8. The second-order valence-corrected chi connectivity index (χ2v) is 7.55. The van der Waals surface area contributed by atoms with Crippen molar-refractivity contribution >= 4 is 22.4 Å². The molecule has 0 aliphatic rings. The molecule has 3 rings (SSSR count). The van der Waals surface area contributed by atoms with Crippen molar-refractivity contribution in [3.05, 3.63) is 65.0 Å². The van der Waals surface area contributed by atoms with Crippen LogP contribution in [-0.2, 0) is 4.79 Å². The minimum atomic E-state index is -0.216. The quantitative estimate of drug-likeness (QED) is 0.647. The zero-order chi connectivity index (χ0) is 18.5. The van der Waals surface area contributed by atoms with Crippen LogP contribution in [0.4, 0.5) is 5.13 Å². The minimum absolute atomic E-state index is 0.0413. The first-order chi connectivity index (χ1) is 12.5. The summed E-state index contributed by atoms with van der Waals surface area (Å²) in [5, 5.41) is 3.40. The van der Waals surface area contributed by atoms with Gasteiger partial charge in [-0.3, -0.25) is 10.1 Å². The van der Waals surface area contributed by atoms with Crippen LogP contribution >= 0.6 is 11.3 Å². The van der Waals surface area contributed by atoms with Crippen molar-refractivity contribution in [3.8, 4) is 17.0 Å². The highest BCUT2D eigenvalue weighted by Gasteiger charge is 2.12. The summed E-state index contributed by atoms with van der Waals surface area (Å²) >= 11 is 1.47. The van der Waals surface area contributed by atoms with Crippen LogP contribution in [0.25, 0.3) is 11.3 Å². The number of hydrogen-bond acceptors (Lipinski definition) is 4. The predicted octanol–water partition coefficient (Wildman–Crippen LogP) is 5.26. The number of rotatable bonds is 6. The van der Waals surface area contributed by atoms with Gasteiger partial charge in [0, 0.05) is 10.4 Å². The molecule has 1 aromatic heterocycles. The number of hydrogen-bond donors (Lipinski definition) is 1. The smallest absolute Gasteiger partial charge is 0.264 e. The first kappa shape index (κ1) is 18.1. The fourth-order valence-corrected chi connectivity index (χ4v) is 3.42. The van der Waals surface area contributed by atoms with Gasteiger partial charge < -0.3 is 4.74 Å². The number of carbonyl (C=O) groups excluding carboxylic acids is 1. The van der Waals surface area contributed by atoms with Crippen LogP contribution in [0, 0.1) is 6.92 Å². The Hall–Kier alpha value is -2.66. The Morgan fingerprint density at radius 1 is 1.12 bits per heavy atom. The number of nitrogens with zero attached hydrogens (tertiary/aromatic N) is 1. The molecule has 26 heavy (non-hydrogen) atoms. The molecule has 0 unspecified atom stereocenters. The molecule has 0 bridgehead atoms. The summed E-state index contributed by atoms with van der Waals surface area (Å²) in [6, 6.07) is 17.8. The van der Waals surface area contributed by atoms with Crippen LogP contribution in [0.3, 0.4) is 0 Å². The Kier molecular flexibility index (Phi) is 5.68. The summed E-state index contributed by atoms with van der Waals surface area (Å²) in [5.74, 6) is 0.940. The van der Waals surface area contributed by atoms with Gasteiger partial charge >= 0.3 is 0 Å². The van der Waals surface area contributed by atoms with E-state index < -0.39 is 0 Å². The topological polar surface area (TPSA) is 51.2 Å². The lowest BCUT2D eigenvalue weighted by Crippen LogP contribution is -2.20. The Morgan fingerprint density at radius 3 is 2.46 bits per heavy atom. The number of amides is 1. The molecular formula is C21H22N2O2S. The first-order valence-corrected chi connectivity index (χ1v) is 9.40. The molecule has 0 aliphatic heterocycles. The van der Waals surface area contributed by atoms with E-state index >= 15 is 0 Å². The molecular weight excluding hydrogens is 344 g/mol. The minimum Gasteiger partial charge on any atom is -0.484 e. The molecule has 5 heteroatoms. The number of aryl methyl sites for hydroxylation is 1. The maximum absolute atomic E-state index is 12.1. The Labute approximate surface area is 157 Å². The van der Waals surface area contributed by atoms with Crippen LogP contribution in [0.1, 0.15) is 30.2 Å². The van der Waals surface area contributed by atoms with Gasteiger partial charge in [0.2, 0.25) is 0 Å². The van der Waals surface area contributed by atoms with E-state index in [2.05, 4.69) is 24.1 Å². The van der Waals surface area contributed by atoms with Gasteiger partial charge in [0.15, 0.2) is 11.7 Å².